The highest BCUT2D eigenvalue weighted by atomic mass is 16.4. The quantitative estimate of drug-likeness (QED) is 0.691. The van der Waals surface area contributed by atoms with Gasteiger partial charge >= 0.3 is 5.76 Å². The van der Waals surface area contributed by atoms with Gasteiger partial charge in [-0.1, -0.05) is 6.92 Å². The number of aryl methyl sites for hydroxylation is 2. The molecule has 0 atom stereocenters. The Kier molecular flexibility index (Phi) is 3.25. The monoisotopic (exact) mass is 285 g/mol. The lowest BCUT2D eigenvalue weighted by Gasteiger charge is -2.01. The van der Waals surface area contributed by atoms with E-state index in [1.54, 1.807) is 28.8 Å². The molecule has 0 N–H and O–H groups in total. The third-order valence-electron chi connectivity index (χ3n) is 3.45. The maximum Gasteiger partial charge on any atom is 0.419 e. The van der Waals surface area contributed by atoms with Crippen LogP contribution in [0.3, 0.4) is 0 Å². The van der Waals surface area contributed by atoms with Crippen LogP contribution in [0.25, 0.3) is 11.1 Å². The van der Waals surface area contributed by atoms with E-state index in [0.717, 1.165) is 12.0 Å². The number of aromatic nitrogens is 1. The summed E-state index contributed by atoms with van der Waals surface area (Å²) in [5.41, 5.74) is 2.35. The fourth-order valence-corrected chi connectivity index (χ4v) is 2.38. The molecule has 0 aliphatic carbocycles. The van der Waals surface area contributed by atoms with Gasteiger partial charge in [-0.05, 0) is 43.2 Å². The normalized spacial score (nSPS) is 11.1. The molecule has 0 aliphatic heterocycles. The highest BCUT2D eigenvalue weighted by Crippen LogP contribution is 2.20. The first kappa shape index (κ1) is 13.4. The van der Waals surface area contributed by atoms with Crippen LogP contribution in [0.2, 0.25) is 0 Å². The molecule has 0 radical (unpaired) electrons. The molecular weight excluding hydrogens is 270 g/mol. The highest BCUT2D eigenvalue weighted by Gasteiger charge is 2.17. The van der Waals surface area contributed by atoms with E-state index < -0.39 is 5.76 Å². The summed E-state index contributed by atoms with van der Waals surface area (Å²) in [6.45, 7) is 4.40. The van der Waals surface area contributed by atoms with Crippen molar-refractivity contribution < 1.29 is 13.6 Å². The third-order valence-corrected chi connectivity index (χ3v) is 3.45. The molecule has 0 aliphatic rings. The molecule has 0 saturated heterocycles. The van der Waals surface area contributed by atoms with Crippen molar-refractivity contribution in [3.63, 3.8) is 0 Å². The van der Waals surface area contributed by atoms with Gasteiger partial charge in [-0.25, -0.2) is 4.79 Å². The van der Waals surface area contributed by atoms with E-state index >= 15 is 0 Å². The molecule has 2 aromatic heterocycles. The van der Waals surface area contributed by atoms with Crippen LogP contribution in [-0.2, 0) is 6.54 Å². The molecule has 0 spiro atoms. The van der Waals surface area contributed by atoms with E-state index in [2.05, 4.69) is 0 Å². The molecule has 21 heavy (non-hydrogen) atoms. The molecule has 2 heterocycles. The number of carbonyl (C=O) groups excluding carboxylic acids is 1. The zero-order valence-electron chi connectivity index (χ0n) is 11.9. The Morgan fingerprint density at radius 3 is 2.76 bits per heavy atom. The van der Waals surface area contributed by atoms with Crippen LogP contribution in [0, 0.1) is 6.92 Å². The zero-order chi connectivity index (χ0) is 15.0. The second-order valence-corrected chi connectivity index (χ2v) is 4.96. The van der Waals surface area contributed by atoms with Gasteiger partial charge < -0.3 is 8.83 Å². The summed E-state index contributed by atoms with van der Waals surface area (Å²) >= 11 is 0. The number of carbonyl (C=O) groups is 1. The van der Waals surface area contributed by atoms with Gasteiger partial charge in [-0.3, -0.25) is 9.36 Å². The van der Waals surface area contributed by atoms with Gasteiger partial charge in [0.1, 0.15) is 0 Å². The molecule has 1 aromatic carbocycles. The molecule has 108 valence electrons. The van der Waals surface area contributed by atoms with Crippen LogP contribution >= 0.6 is 0 Å². The van der Waals surface area contributed by atoms with Crippen molar-refractivity contribution in [3.05, 3.63) is 58.0 Å². The van der Waals surface area contributed by atoms with Crippen molar-refractivity contribution >= 4 is 16.9 Å². The Hall–Kier alpha value is -2.56. The van der Waals surface area contributed by atoms with Gasteiger partial charge in [-0.2, -0.15) is 0 Å². The maximum absolute atomic E-state index is 12.4. The molecule has 3 rings (SSSR count). The second-order valence-electron chi connectivity index (χ2n) is 4.96. The van der Waals surface area contributed by atoms with Crippen LogP contribution in [0.5, 0.6) is 0 Å². The minimum Gasteiger partial charge on any atom is -0.461 e. The lowest BCUT2D eigenvalue weighted by Crippen LogP contribution is -2.13. The highest BCUT2D eigenvalue weighted by molar-refractivity contribution is 6.09. The van der Waals surface area contributed by atoms with Crippen LogP contribution in [0.1, 0.15) is 35.0 Å². The minimum absolute atomic E-state index is 0.217. The van der Waals surface area contributed by atoms with E-state index in [0.29, 0.717) is 29.0 Å². The standard InChI is InChI=1S/C16H15NO4/c1-3-7-17-12-5-4-11(9-13(12)21-16(17)19)14(18)15-10(2)6-8-20-15/h4-6,8-9H,3,7H2,1-2H3. The predicted molar refractivity (Wildman–Crippen MR) is 77.6 cm³/mol. The zero-order valence-corrected chi connectivity index (χ0v) is 11.9. The number of nitrogens with zero attached hydrogens (tertiary/aromatic N) is 1. The van der Waals surface area contributed by atoms with Crippen molar-refractivity contribution in [1.29, 1.82) is 0 Å². The van der Waals surface area contributed by atoms with Crippen LogP contribution in [0.4, 0.5) is 0 Å². The Morgan fingerprint density at radius 2 is 2.10 bits per heavy atom. The number of furan rings is 1. The van der Waals surface area contributed by atoms with Crippen molar-refractivity contribution in [1.82, 2.24) is 4.57 Å². The molecular formula is C16H15NO4. The van der Waals surface area contributed by atoms with Gasteiger partial charge in [0.25, 0.3) is 0 Å². The smallest absolute Gasteiger partial charge is 0.419 e. The third kappa shape index (κ3) is 2.20. The van der Waals surface area contributed by atoms with E-state index in [1.165, 1.54) is 6.26 Å². The Labute approximate surface area is 120 Å². The van der Waals surface area contributed by atoms with Crippen molar-refractivity contribution in [2.45, 2.75) is 26.8 Å². The molecule has 3 aromatic rings. The number of oxazole rings is 1. The van der Waals surface area contributed by atoms with Crippen molar-refractivity contribution in [3.8, 4) is 0 Å². The van der Waals surface area contributed by atoms with Crippen LogP contribution in [-0.4, -0.2) is 10.4 Å². The van der Waals surface area contributed by atoms with Gasteiger partial charge in [0.15, 0.2) is 11.3 Å². The predicted octanol–water partition coefficient (Wildman–Crippen LogP) is 3.14. The van der Waals surface area contributed by atoms with E-state index in [1.807, 2.05) is 13.8 Å². The fraction of sp³-hybridized carbons (Fsp3) is 0.250. The van der Waals surface area contributed by atoms with Crippen molar-refractivity contribution in [2.75, 3.05) is 0 Å². The molecule has 0 fully saturated rings. The lowest BCUT2D eigenvalue weighted by molar-refractivity contribution is 0.101. The Morgan fingerprint density at radius 1 is 1.29 bits per heavy atom. The summed E-state index contributed by atoms with van der Waals surface area (Å²) in [6.07, 6.45) is 2.32. The molecule has 0 bridgehead atoms. The van der Waals surface area contributed by atoms with Gasteiger partial charge in [0.05, 0.1) is 11.8 Å². The van der Waals surface area contributed by atoms with E-state index in [9.17, 15) is 9.59 Å². The number of ketones is 1. The average Bonchev–Trinajstić information content (AvgIpc) is 3.02. The summed E-state index contributed by atoms with van der Waals surface area (Å²) in [6, 6.07) is 6.76. The number of fused-ring (bicyclic) bond motifs is 1. The Balaban J connectivity index is 2.08. The first-order chi connectivity index (χ1) is 10.1. The molecule has 0 unspecified atom stereocenters. The van der Waals surface area contributed by atoms with E-state index in [-0.39, 0.29) is 5.78 Å². The van der Waals surface area contributed by atoms with Crippen molar-refractivity contribution in [2.24, 2.45) is 0 Å². The number of hydrogen-bond acceptors (Lipinski definition) is 4. The van der Waals surface area contributed by atoms with Crippen LogP contribution in [0.15, 0.2) is 44.2 Å². The first-order valence-corrected chi connectivity index (χ1v) is 6.84. The Bertz CT molecular complexity index is 866. The number of benzene rings is 1. The fourth-order valence-electron chi connectivity index (χ4n) is 2.38. The average molecular weight is 285 g/mol. The largest absolute Gasteiger partial charge is 0.461 e. The number of rotatable bonds is 4. The van der Waals surface area contributed by atoms with Gasteiger partial charge in [-0.15, -0.1) is 0 Å². The summed E-state index contributed by atoms with van der Waals surface area (Å²) < 4.78 is 12.0. The molecule has 0 saturated carbocycles. The first-order valence-electron chi connectivity index (χ1n) is 6.84. The molecule has 0 amide bonds. The maximum atomic E-state index is 12.4. The summed E-state index contributed by atoms with van der Waals surface area (Å²) in [4.78, 5) is 24.2. The van der Waals surface area contributed by atoms with Gasteiger partial charge in [0, 0.05) is 12.1 Å². The topological polar surface area (TPSA) is 65.3 Å². The minimum atomic E-state index is -0.398. The SMILES string of the molecule is CCCn1c(=O)oc2cc(C(=O)c3occc3C)ccc21. The summed E-state index contributed by atoms with van der Waals surface area (Å²) in [5.74, 6) is -0.305. The number of hydrogen-bond donors (Lipinski definition) is 0. The summed E-state index contributed by atoms with van der Waals surface area (Å²) in [7, 11) is 0. The van der Waals surface area contributed by atoms with E-state index in [4.69, 9.17) is 8.83 Å². The molecule has 5 heteroatoms. The van der Waals surface area contributed by atoms with Crippen LogP contribution < -0.4 is 5.76 Å². The van der Waals surface area contributed by atoms with Gasteiger partial charge in [0.2, 0.25) is 5.78 Å². The second kappa shape index (κ2) is 5.09. The summed E-state index contributed by atoms with van der Waals surface area (Å²) in [5, 5.41) is 0. The molecule has 5 nitrogen and oxygen atoms in total. The lowest BCUT2D eigenvalue weighted by atomic mass is 10.1.